The maximum Gasteiger partial charge on any atom is 0.271 e. The van der Waals surface area contributed by atoms with E-state index < -0.39 is 22.2 Å². The molecule has 1 N–H and O–H groups in total. The number of carbonyl (C=O) groups is 1. The van der Waals surface area contributed by atoms with Gasteiger partial charge in [-0.05, 0) is 43.2 Å². The van der Waals surface area contributed by atoms with Gasteiger partial charge in [0.25, 0.3) is 5.91 Å². The van der Waals surface area contributed by atoms with E-state index in [1.165, 1.54) is 4.31 Å². The molecule has 1 aliphatic heterocycles. The highest BCUT2D eigenvalue weighted by Gasteiger charge is 2.34. The third-order valence-corrected chi connectivity index (χ3v) is 10.2. The molecule has 2 heterocycles. The number of rotatable bonds is 6. The van der Waals surface area contributed by atoms with Crippen molar-refractivity contribution in [3.63, 3.8) is 0 Å². The monoisotopic (exact) mass is 589 g/mol. The van der Waals surface area contributed by atoms with Gasteiger partial charge >= 0.3 is 0 Å². The Morgan fingerprint density at radius 3 is 2.43 bits per heavy atom. The highest BCUT2D eigenvalue weighted by Crippen LogP contribution is 2.38. The number of benzene rings is 3. The van der Waals surface area contributed by atoms with Crippen LogP contribution >= 0.6 is 0 Å². The summed E-state index contributed by atoms with van der Waals surface area (Å²) in [6.07, 6.45) is -0.526. The molecule has 222 valence electrons. The summed E-state index contributed by atoms with van der Waals surface area (Å²) in [6, 6.07) is 22.2. The Labute approximate surface area is 248 Å². The van der Waals surface area contributed by atoms with Crippen LogP contribution in [-0.2, 0) is 28.4 Å². The molecule has 0 fully saturated rings. The molecule has 0 aliphatic carbocycles. The first kappa shape index (κ1) is 30.0. The Morgan fingerprint density at radius 2 is 1.71 bits per heavy atom. The Hall–Kier alpha value is -3.50. The number of fused-ring (bicyclic) bond motifs is 5. The molecule has 0 saturated heterocycles. The Bertz CT molecular complexity index is 1700. The molecule has 0 bridgehead atoms. The van der Waals surface area contributed by atoms with Crippen molar-refractivity contribution in [3.05, 3.63) is 89.6 Å². The molecule has 0 spiro atoms. The largest absolute Gasteiger partial charge is 0.394 e. The maximum atomic E-state index is 14.5. The zero-order valence-corrected chi connectivity index (χ0v) is 25.6. The first-order valence-corrected chi connectivity index (χ1v) is 15.7. The molecule has 3 atom stereocenters. The van der Waals surface area contributed by atoms with E-state index in [2.05, 4.69) is 0 Å². The van der Waals surface area contributed by atoms with Gasteiger partial charge in [-0.15, -0.1) is 0 Å². The van der Waals surface area contributed by atoms with Gasteiger partial charge in [0.15, 0.2) is 0 Å². The predicted molar refractivity (Wildman–Crippen MR) is 165 cm³/mol. The van der Waals surface area contributed by atoms with E-state index in [4.69, 9.17) is 4.74 Å². The summed E-state index contributed by atoms with van der Waals surface area (Å²) in [4.78, 5) is 16.4. The third kappa shape index (κ3) is 5.49. The van der Waals surface area contributed by atoms with Crippen molar-refractivity contribution in [1.82, 2.24) is 13.8 Å². The van der Waals surface area contributed by atoms with Gasteiger partial charge in [0.05, 0.1) is 30.3 Å². The first-order valence-electron chi connectivity index (χ1n) is 14.3. The molecule has 42 heavy (non-hydrogen) atoms. The highest BCUT2D eigenvalue weighted by atomic mass is 32.2. The number of likely N-dealkylation sites (N-methyl/N-ethyl adjacent to an activating group) is 1. The lowest BCUT2D eigenvalue weighted by atomic mass is 9.96. The minimum atomic E-state index is -3.76. The molecular weight excluding hydrogens is 550 g/mol. The number of amides is 1. The quantitative estimate of drug-likeness (QED) is 0.348. The van der Waals surface area contributed by atoms with Gasteiger partial charge in [-0.3, -0.25) is 4.79 Å². The lowest BCUT2D eigenvalue weighted by molar-refractivity contribution is -0.0147. The van der Waals surface area contributed by atoms with Crippen molar-refractivity contribution in [2.24, 2.45) is 13.0 Å². The van der Waals surface area contributed by atoms with Gasteiger partial charge < -0.3 is 19.3 Å². The maximum absolute atomic E-state index is 14.5. The van der Waals surface area contributed by atoms with Gasteiger partial charge in [-0.25, -0.2) is 8.42 Å². The van der Waals surface area contributed by atoms with Crippen LogP contribution in [0.1, 0.15) is 35.5 Å². The predicted octanol–water partition coefficient (Wildman–Crippen LogP) is 4.83. The molecular formula is C33H39N3O5S. The van der Waals surface area contributed by atoms with Gasteiger partial charge in [0.1, 0.15) is 5.69 Å². The summed E-state index contributed by atoms with van der Waals surface area (Å²) in [6.45, 7) is 6.12. The molecule has 4 aromatic rings. The van der Waals surface area contributed by atoms with Crippen molar-refractivity contribution >= 4 is 26.8 Å². The van der Waals surface area contributed by atoms with Crippen molar-refractivity contribution in [2.75, 3.05) is 26.7 Å². The number of aryl methyl sites for hydroxylation is 2. The normalized spacial score (nSPS) is 18.9. The van der Waals surface area contributed by atoms with E-state index in [1.807, 2.05) is 80.9 Å². The average Bonchev–Trinajstić information content (AvgIpc) is 3.28. The number of ether oxygens (including phenoxy) is 1. The fourth-order valence-corrected chi connectivity index (χ4v) is 6.95. The minimum Gasteiger partial charge on any atom is -0.394 e. The van der Waals surface area contributed by atoms with Gasteiger partial charge in [-0.2, -0.15) is 4.31 Å². The van der Waals surface area contributed by atoms with E-state index in [9.17, 15) is 18.3 Å². The smallest absolute Gasteiger partial charge is 0.271 e. The van der Waals surface area contributed by atoms with Crippen LogP contribution in [0.2, 0.25) is 0 Å². The van der Waals surface area contributed by atoms with E-state index in [0.29, 0.717) is 5.69 Å². The molecule has 0 saturated carbocycles. The lowest BCUT2D eigenvalue weighted by Crippen LogP contribution is -2.48. The fraction of sp³-hybridized carbons (Fsp3) is 0.364. The summed E-state index contributed by atoms with van der Waals surface area (Å²) < 4.78 is 36.8. The van der Waals surface area contributed by atoms with E-state index in [-0.39, 0.29) is 43.0 Å². The number of sulfonamides is 1. The zero-order valence-electron chi connectivity index (χ0n) is 24.8. The summed E-state index contributed by atoms with van der Waals surface area (Å²) in [5, 5.41) is 11.2. The van der Waals surface area contributed by atoms with Crippen LogP contribution in [0.3, 0.4) is 0 Å². The van der Waals surface area contributed by atoms with Crippen molar-refractivity contribution in [3.8, 4) is 11.1 Å². The van der Waals surface area contributed by atoms with Crippen LogP contribution in [0.25, 0.3) is 22.0 Å². The minimum absolute atomic E-state index is 0.102. The lowest BCUT2D eigenvalue weighted by Gasteiger charge is -2.35. The number of hydrogen-bond donors (Lipinski definition) is 1. The molecule has 9 heteroatoms. The Morgan fingerprint density at radius 1 is 1.05 bits per heavy atom. The molecule has 0 radical (unpaired) electrons. The number of aliphatic hydroxyl groups is 1. The molecule has 1 amide bonds. The van der Waals surface area contributed by atoms with Crippen LogP contribution in [0.5, 0.6) is 0 Å². The standard InChI is InChI=1S/C33H39N3O5S/c1-22-14-16-26(17-15-22)42(39,40)34(4)19-30-23(2)18-36(24(3)20-37)33(38)32-31(27-11-7-6-10-25(27)21-41-30)28-12-8-9-13-29(28)35(32)5/h6-17,23-24,30,37H,18-21H2,1-5H3/t23-,24+,30-/m1/s1. The molecule has 1 aliphatic rings. The SMILES string of the molecule is Cc1ccc(S(=O)(=O)N(C)C[C@H]2OCc3ccccc3-c3c(n(C)c4ccccc34)C(=O)N([C@@H](C)CO)C[C@H]2C)cc1. The zero-order chi connectivity index (χ0) is 30.2. The van der Waals surface area contributed by atoms with Crippen molar-refractivity contribution in [1.29, 1.82) is 0 Å². The van der Waals surface area contributed by atoms with Gasteiger partial charge in [-0.1, -0.05) is 67.1 Å². The van der Waals surface area contributed by atoms with Crippen LogP contribution in [0.15, 0.2) is 77.7 Å². The van der Waals surface area contributed by atoms with E-state index in [0.717, 1.165) is 33.2 Å². The summed E-state index contributed by atoms with van der Waals surface area (Å²) >= 11 is 0. The van der Waals surface area contributed by atoms with Crippen LogP contribution in [-0.4, -0.2) is 72.1 Å². The second kappa shape index (κ2) is 12.0. The number of nitrogens with zero attached hydrogens (tertiary/aromatic N) is 3. The highest BCUT2D eigenvalue weighted by molar-refractivity contribution is 7.89. The number of carbonyl (C=O) groups excluding carboxylic acids is 1. The number of aliphatic hydroxyl groups excluding tert-OH is 1. The molecule has 0 unspecified atom stereocenters. The van der Waals surface area contributed by atoms with Crippen LogP contribution in [0.4, 0.5) is 0 Å². The number of hydrogen-bond acceptors (Lipinski definition) is 5. The summed E-state index contributed by atoms with van der Waals surface area (Å²) in [5.41, 5.74) is 5.10. The summed E-state index contributed by atoms with van der Waals surface area (Å²) in [5.74, 6) is -0.435. The van der Waals surface area contributed by atoms with Gasteiger partial charge in [0.2, 0.25) is 10.0 Å². The summed E-state index contributed by atoms with van der Waals surface area (Å²) in [7, 11) is -0.303. The van der Waals surface area contributed by atoms with Crippen molar-refractivity contribution in [2.45, 2.75) is 44.4 Å². The fourth-order valence-electron chi connectivity index (χ4n) is 5.77. The average molecular weight is 590 g/mol. The number of aromatic nitrogens is 1. The van der Waals surface area contributed by atoms with Gasteiger partial charge in [0, 0.05) is 49.6 Å². The molecule has 8 nitrogen and oxygen atoms in total. The van der Waals surface area contributed by atoms with E-state index >= 15 is 0 Å². The first-order chi connectivity index (χ1) is 20.0. The molecule has 1 aromatic heterocycles. The second-order valence-electron chi connectivity index (χ2n) is 11.4. The van der Waals surface area contributed by atoms with Crippen LogP contribution in [0, 0.1) is 12.8 Å². The van der Waals surface area contributed by atoms with E-state index in [1.54, 1.807) is 36.2 Å². The van der Waals surface area contributed by atoms with Crippen LogP contribution < -0.4 is 0 Å². The van der Waals surface area contributed by atoms with Crippen molar-refractivity contribution < 1.29 is 23.1 Å². The molecule has 5 rings (SSSR count). The second-order valence-corrected chi connectivity index (χ2v) is 13.4. The molecule has 3 aromatic carbocycles. The number of para-hydroxylation sites is 1. The third-order valence-electron chi connectivity index (χ3n) is 8.39. The topological polar surface area (TPSA) is 92.1 Å². The Kier molecular flexibility index (Phi) is 8.57. The Balaban J connectivity index is 1.60.